The van der Waals surface area contributed by atoms with Crippen LogP contribution in [0.2, 0.25) is 5.02 Å². The molecule has 0 aliphatic heterocycles. The van der Waals surface area contributed by atoms with E-state index in [-0.39, 0.29) is 5.91 Å². The first-order valence-corrected chi connectivity index (χ1v) is 5.08. The first-order chi connectivity index (χ1) is 7.34. The highest BCUT2D eigenvalue weighted by atomic mass is 35.5. The van der Waals surface area contributed by atoms with E-state index in [2.05, 4.69) is 11.2 Å². The molecule has 4 heteroatoms. The summed E-state index contributed by atoms with van der Waals surface area (Å²) in [5, 5.41) is 3.11. The lowest BCUT2D eigenvalue weighted by molar-refractivity contribution is 0.0930. The number of carbonyl (C=O) groups is 1. The van der Waals surface area contributed by atoms with Crippen molar-refractivity contribution in [2.45, 2.75) is 19.4 Å². The SMILES string of the molecule is C#CC(C)(C)NC(=O)c1cc(N)cc(Cl)c1. The largest absolute Gasteiger partial charge is 0.399 e. The standard InChI is InChI=1S/C12H13ClN2O/c1-4-12(2,3)15-11(16)8-5-9(13)7-10(14)6-8/h1,5-7H,14H2,2-3H3,(H,15,16). The Morgan fingerprint density at radius 3 is 2.62 bits per heavy atom. The molecule has 1 rings (SSSR count). The van der Waals surface area contributed by atoms with E-state index in [1.165, 1.54) is 0 Å². The van der Waals surface area contributed by atoms with Crippen molar-refractivity contribution in [2.75, 3.05) is 5.73 Å². The van der Waals surface area contributed by atoms with Crippen LogP contribution in [0, 0.1) is 12.3 Å². The minimum absolute atomic E-state index is 0.294. The van der Waals surface area contributed by atoms with Crippen LogP contribution >= 0.6 is 11.6 Å². The predicted octanol–water partition coefficient (Wildman–Crippen LogP) is 2.06. The average Bonchev–Trinajstić information content (AvgIpc) is 2.15. The summed E-state index contributed by atoms with van der Waals surface area (Å²) < 4.78 is 0. The number of carbonyl (C=O) groups excluding carboxylic acids is 1. The molecule has 3 nitrogen and oxygen atoms in total. The zero-order chi connectivity index (χ0) is 12.3. The third-order valence-corrected chi connectivity index (χ3v) is 2.19. The van der Waals surface area contributed by atoms with Gasteiger partial charge >= 0.3 is 0 Å². The van der Waals surface area contributed by atoms with E-state index in [9.17, 15) is 4.79 Å². The maximum Gasteiger partial charge on any atom is 0.252 e. The second kappa shape index (κ2) is 4.46. The maximum absolute atomic E-state index is 11.8. The summed E-state index contributed by atoms with van der Waals surface area (Å²) in [7, 11) is 0. The quantitative estimate of drug-likeness (QED) is 0.610. The second-order valence-corrected chi connectivity index (χ2v) is 4.43. The zero-order valence-electron chi connectivity index (χ0n) is 9.17. The molecule has 0 fully saturated rings. The molecule has 0 atom stereocenters. The lowest BCUT2D eigenvalue weighted by Crippen LogP contribution is -2.42. The molecule has 0 unspecified atom stereocenters. The molecule has 0 aliphatic rings. The van der Waals surface area contributed by atoms with Crippen LogP contribution < -0.4 is 11.1 Å². The van der Waals surface area contributed by atoms with Crippen LogP contribution in [0.1, 0.15) is 24.2 Å². The van der Waals surface area contributed by atoms with Crippen LogP contribution in [0.3, 0.4) is 0 Å². The van der Waals surface area contributed by atoms with Gasteiger partial charge in [-0.25, -0.2) is 0 Å². The van der Waals surface area contributed by atoms with E-state index < -0.39 is 5.54 Å². The summed E-state index contributed by atoms with van der Waals surface area (Å²) in [5.41, 5.74) is 5.73. The molecule has 0 spiro atoms. The summed E-state index contributed by atoms with van der Waals surface area (Å²) >= 11 is 5.80. The molecular weight excluding hydrogens is 224 g/mol. The molecule has 0 saturated heterocycles. The molecule has 1 amide bonds. The first kappa shape index (κ1) is 12.4. The van der Waals surface area contributed by atoms with Crippen molar-refractivity contribution in [3.63, 3.8) is 0 Å². The van der Waals surface area contributed by atoms with Crippen LogP contribution in [0.25, 0.3) is 0 Å². The summed E-state index contributed by atoms with van der Waals surface area (Å²) in [6, 6.07) is 4.66. The van der Waals surface area contributed by atoms with Crippen LogP contribution in [0.5, 0.6) is 0 Å². The van der Waals surface area contributed by atoms with Crippen molar-refractivity contribution in [3.05, 3.63) is 28.8 Å². The predicted molar refractivity (Wildman–Crippen MR) is 66.2 cm³/mol. The van der Waals surface area contributed by atoms with Crippen molar-refractivity contribution in [3.8, 4) is 12.3 Å². The van der Waals surface area contributed by atoms with Gasteiger partial charge in [0.2, 0.25) is 0 Å². The molecule has 0 radical (unpaired) electrons. The Labute approximate surface area is 100.0 Å². The van der Waals surface area contributed by atoms with E-state index in [1.54, 1.807) is 32.0 Å². The number of hydrogen-bond acceptors (Lipinski definition) is 2. The van der Waals surface area contributed by atoms with Crippen LogP contribution in [0.15, 0.2) is 18.2 Å². The Balaban J connectivity index is 2.94. The number of nitrogens with two attached hydrogens (primary N) is 1. The highest BCUT2D eigenvalue weighted by Gasteiger charge is 2.18. The van der Waals surface area contributed by atoms with Gasteiger partial charge in [0, 0.05) is 16.3 Å². The normalized spacial score (nSPS) is 10.6. The molecule has 0 saturated carbocycles. The fraction of sp³-hybridized carbons (Fsp3) is 0.250. The highest BCUT2D eigenvalue weighted by molar-refractivity contribution is 6.31. The van der Waals surface area contributed by atoms with E-state index in [0.29, 0.717) is 16.3 Å². The number of hydrogen-bond donors (Lipinski definition) is 2. The van der Waals surface area contributed by atoms with Gasteiger partial charge in [-0.2, -0.15) is 0 Å². The summed E-state index contributed by atoms with van der Waals surface area (Å²) in [4.78, 5) is 11.8. The van der Waals surface area contributed by atoms with Crippen LogP contribution in [-0.4, -0.2) is 11.4 Å². The number of nitrogen functional groups attached to an aromatic ring is 1. The Hall–Kier alpha value is -1.66. The van der Waals surface area contributed by atoms with Gasteiger partial charge in [0.15, 0.2) is 0 Å². The van der Waals surface area contributed by atoms with Gasteiger partial charge < -0.3 is 11.1 Å². The van der Waals surface area contributed by atoms with Gasteiger partial charge in [0.1, 0.15) is 0 Å². The first-order valence-electron chi connectivity index (χ1n) is 4.70. The number of benzene rings is 1. The average molecular weight is 237 g/mol. The lowest BCUT2D eigenvalue weighted by atomic mass is 10.1. The third-order valence-electron chi connectivity index (χ3n) is 1.97. The Morgan fingerprint density at radius 2 is 2.12 bits per heavy atom. The molecule has 84 valence electrons. The van der Waals surface area contributed by atoms with E-state index in [1.807, 2.05) is 0 Å². The second-order valence-electron chi connectivity index (χ2n) is 4.00. The summed E-state index contributed by atoms with van der Waals surface area (Å²) in [6.45, 7) is 3.47. The van der Waals surface area contributed by atoms with Gasteiger partial charge in [-0.1, -0.05) is 17.5 Å². The minimum Gasteiger partial charge on any atom is -0.399 e. The molecule has 0 aliphatic carbocycles. The number of halogens is 1. The van der Waals surface area contributed by atoms with Crippen LogP contribution in [0.4, 0.5) is 5.69 Å². The molecule has 0 bridgehead atoms. The fourth-order valence-corrected chi connectivity index (χ4v) is 1.38. The molecule has 3 N–H and O–H groups in total. The van der Waals surface area contributed by atoms with E-state index in [0.717, 1.165) is 0 Å². The molecule has 1 aromatic carbocycles. The van der Waals surface area contributed by atoms with Crippen molar-refractivity contribution in [1.29, 1.82) is 0 Å². The van der Waals surface area contributed by atoms with Gasteiger partial charge in [0.25, 0.3) is 5.91 Å². The van der Waals surface area contributed by atoms with Crippen molar-refractivity contribution < 1.29 is 4.79 Å². The van der Waals surface area contributed by atoms with Crippen molar-refractivity contribution in [1.82, 2.24) is 5.32 Å². The number of amides is 1. The van der Waals surface area contributed by atoms with E-state index in [4.69, 9.17) is 23.8 Å². The monoisotopic (exact) mass is 236 g/mol. The summed E-state index contributed by atoms with van der Waals surface area (Å²) in [6.07, 6.45) is 5.28. The van der Waals surface area contributed by atoms with Gasteiger partial charge in [-0.3, -0.25) is 4.79 Å². The fourth-order valence-electron chi connectivity index (χ4n) is 1.14. The number of anilines is 1. The Bertz CT molecular complexity index is 440. The van der Waals surface area contributed by atoms with Gasteiger partial charge in [-0.15, -0.1) is 6.42 Å². The van der Waals surface area contributed by atoms with E-state index >= 15 is 0 Å². The molecular formula is C12H13ClN2O. The highest BCUT2D eigenvalue weighted by Crippen LogP contribution is 2.17. The Morgan fingerprint density at radius 1 is 1.50 bits per heavy atom. The Kier molecular flexibility index (Phi) is 3.46. The molecule has 16 heavy (non-hydrogen) atoms. The lowest BCUT2D eigenvalue weighted by Gasteiger charge is -2.19. The third kappa shape index (κ3) is 3.18. The maximum atomic E-state index is 11.8. The molecule has 0 heterocycles. The van der Waals surface area contributed by atoms with Crippen LogP contribution in [-0.2, 0) is 0 Å². The van der Waals surface area contributed by atoms with Crippen molar-refractivity contribution >= 4 is 23.2 Å². The van der Waals surface area contributed by atoms with Crippen molar-refractivity contribution in [2.24, 2.45) is 0 Å². The topological polar surface area (TPSA) is 55.1 Å². The molecule has 1 aromatic rings. The summed E-state index contributed by atoms with van der Waals surface area (Å²) in [5.74, 6) is 2.18. The number of terminal acetylenes is 1. The number of nitrogens with one attached hydrogen (secondary N) is 1. The smallest absolute Gasteiger partial charge is 0.252 e. The molecule has 0 aromatic heterocycles. The number of rotatable bonds is 2. The van der Waals surface area contributed by atoms with Gasteiger partial charge in [0.05, 0.1) is 5.54 Å². The minimum atomic E-state index is -0.700. The zero-order valence-corrected chi connectivity index (χ0v) is 9.93. The van der Waals surface area contributed by atoms with Gasteiger partial charge in [-0.05, 0) is 32.0 Å².